The van der Waals surface area contributed by atoms with E-state index in [9.17, 15) is 9.59 Å². The lowest BCUT2D eigenvalue weighted by Crippen LogP contribution is -2.35. The van der Waals surface area contributed by atoms with Crippen LogP contribution in [-0.4, -0.2) is 28.4 Å². The number of hydrogen-bond donors (Lipinski definition) is 1. The zero-order valence-corrected chi connectivity index (χ0v) is 13.3. The van der Waals surface area contributed by atoms with Crippen LogP contribution in [0, 0.1) is 5.92 Å². The van der Waals surface area contributed by atoms with E-state index >= 15 is 0 Å². The smallest absolute Gasteiger partial charge is 0.323 e. The summed E-state index contributed by atoms with van der Waals surface area (Å²) in [5.41, 5.74) is 0.918. The molecule has 0 heterocycles. The van der Waals surface area contributed by atoms with Gasteiger partial charge in [0.15, 0.2) is 0 Å². The number of aliphatic carboxylic acids is 1. The highest BCUT2D eigenvalue weighted by molar-refractivity contribution is 9.10. The van der Waals surface area contributed by atoms with Crippen molar-refractivity contribution in [2.24, 2.45) is 5.92 Å². The van der Waals surface area contributed by atoms with Gasteiger partial charge in [-0.1, -0.05) is 40.2 Å². The Morgan fingerprint density at radius 1 is 1.38 bits per heavy atom. The maximum absolute atomic E-state index is 12.3. The molecule has 1 unspecified atom stereocenters. The number of allylic oxidation sites excluding steroid dienone is 2. The number of carboxylic acids is 1. The largest absolute Gasteiger partial charge is 0.480 e. The standard InChI is InChI=1S/C16H18BrNO3/c17-14-7-3-6-13(8-14)10-18(11-16(20)21)15(19)9-12-4-1-2-5-12/h1,3-4,6-8,12H,2,5,9-11H2,(H,20,21). The first-order valence-electron chi connectivity index (χ1n) is 6.95. The first-order chi connectivity index (χ1) is 10.0. The predicted octanol–water partition coefficient (Wildman–Crippen LogP) is 3.22. The monoisotopic (exact) mass is 351 g/mol. The first kappa shape index (κ1) is 15.8. The van der Waals surface area contributed by atoms with Gasteiger partial charge in [0.1, 0.15) is 6.54 Å². The number of rotatable bonds is 6. The van der Waals surface area contributed by atoms with Crippen molar-refractivity contribution in [3.8, 4) is 0 Å². The Hall–Kier alpha value is -1.62. The van der Waals surface area contributed by atoms with Gasteiger partial charge in [-0.3, -0.25) is 9.59 Å². The normalized spacial score (nSPS) is 16.9. The van der Waals surface area contributed by atoms with E-state index < -0.39 is 5.97 Å². The van der Waals surface area contributed by atoms with Crippen LogP contribution in [0.3, 0.4) is 0 Å². The molecule has 0 aromatic heterocycles. The van der Waals surface area contributed by atoms with Crippen molar-refractivity contribution in [1.29, 1.82) is 0 Å². The molecule has 0 saturated carbocycles. The van der Waals surface area contributed by atoms with Gasteiger partial charge < -0.3 is 10.0 Å². The van der Waals surface area contributed by atoms with Gasteiger partial charge in [0.2, 0.25) is 5.91 Å². The van der Waals surface area contributed by atoms with E-state index in [1.54, 1.807) is 0 Å². The molecule has 0 bridgehead atoms. The maximum atomic E-state index is 12.3. The lowest BCUT2D eigenvalue weighted by molar-refractivity contribution is -0.145. The van der Waals surface area contributed by atoms with E-state index in [0.29, 0.717) is 13.0 Å². The van der Waals surface area contributed by atoms with Crippen LogP contribution in [0.2, 0.25) is 0 Å². The van der Waals surface area contributed by atoms with Crippen LogP contribution in [0.1, 0.15) is 24.8 Å². The molecule has 1 amide bonds. The molecular weight excluding hydrogens is 334 g/mol. The van der Waals surface area contributed by atoms with Crippen LogP contribution in [0.25, 0.3) is 0 Å². The third kappa shape index (κ3) is 5.01. The molecule has 1 aromatic carbocycles. The van der Waals surface area contributed by atoms with Gasteiger partial charge in [-0.25, -0.2) is 0 Å². The fraction of sp³-hybridized carbons (Fsp3) is 0.375. The number of hydrogen-bond acceptors (Lipinski definition) is 2. The van der Waals surface area contributed by atoms with Gasteiger partial charge in [-0.2, -0.15) is 0 Å². The van der Waals surface area contributed by atoms with Gasteiger partial charge in [-0.05, 0) is 36.5 Å². The molecule has 0 saturated heterocycles. The Labute approximate surface area is 132 Å². The van der Waals surface area contributed by atoms with Crippen molar-refractivity contribution in [2.75, 3.05) is 6.54 Å². The summed E-state index contributed by atoms with van der Waals surface area (Å²) in [6.45, 7) is 0.0583. The van der Waals surface area contributed by atoms with Crippen LogP contribution < -0.4 is 0 Å². The molecule has 4 nitrogen and oxygen atoms in total. The molecule has 1 aliphatic carbocycles. The number of carboxylic acid groups (broad SMARTS) is 1. The summed E-state index contributed by atoms with van der Waals surface area (Å²) < 4.78 is 0.918. The van der Waals surface area contributed by atoms with Crippen LogP contribution in [0.5, 0.6) is 0 Å². The highest BCUT2D eigenvalue weighted by Crippen LogP contribution is 2.22. The van der Waals surface area contributed by atoms with E-state index in [1.165, 1.54) is 4.90 Å². The van der Waals surface area contributed by atoms with Crippen molar-refractivity contribution >= 4 is 27.8 Å². The molecule has 0 radical (unpaired) electrons. The Morgan fingerprint density at radius 2 is 2.19 bits per heavy atom. The summed E-state index contributed by atoms with van der Waals surface area (Å²) in [6, 6.07) is 7.57. The van der Waals surface area contributed by atoms with Gasteiger partial charge in [0, 0.05) is 17.4 Å². The summed E-state index contributed by atoms with van der Waals surface area (Å²) in [6.07, 6.45) is 6.49. The molecule has 1 aliphatic rings. The molecule has 1 aromatic rings. The van der Waals surface area contributed by atoms with E-state index in [-0.39, 0.29) is 18.4 Å². The third-order valence-corrected chi connectivity index (χ3v) is 3.98. The Morgan fingerprint density at radius 3 is 2.81 bits per heavy atom. The van der Waals surface area contributed by atoms with Crippen LogP contribution in [0.15, 0.2) is 40.9 Å². The second-order valence-electron chi connectivity index (χ2n) is 5.24. The summed E-state index contributed by atoms with van der Waals surface area (Å²) in [7, 11) is 0. The number of carbonyl (C=O) groups is 2. The molecule has 0 aliphatic heterocycles. The lowest BCUT2D eigenvalue weighted by Gasteiger charge is -2.22. The number of nitrogens with zero attached hydrogens (tertiary/aromatic N) is 1. The average Bonchev–Trinajstić information content (AvgIpc) is 2.90. The third-order valence-electron chi connectivity index (χ3n) is 3.49. The topological polar surface area (TPSA) is 57.6 Å². The highest BCUT2D eigenvalue weighted by atomic mass is 79.9. The minimum Gasteiger partial charge on any atom is -0.480 e. The van der Waals surface area contributed by atoms with Crippen LogP contribution in [0.4, 0.5) is 0 Å². The zero-order valence-electron chi connectivity index (χ0n) is 11.7. The minimum absolute atomic E-state index is 0.103. The number of carbonyl (C=O) groups excluding carboxylic acids is 1. The fourth-order valence-electron chi connectivity index (χ4n) is 2.47. The molecule has 0 spiro atoms. The number of benzene rings is 1. The van der Waals surface area contributed by atoms with Gasteiger partial charge in [0.25, 0.3) is 0 Å². The van der Waals surface area contributed by atoms with Crippen LogP contribution >= 0.6 is 15.9 Å². The van der Waals surface area contributed by atoms with Crippen molar-refractivity contribution in [3.05, 3.63) is 46.5 Å². The van der Waals surface area contributed by atoms with Crippen molar-refractivity contribution < 1.29 is 14.7 Å². The van der Waals surface area contributed by atoms with E-state index in [0.717, 1.165) is 22.9 Å². The second-order valence-corrected chi connectivity index (χ2v) is 6.16. The lowest BCUT2D eigenvalue weighted by atomic mass is 10.0. The van der Waals surface area contributed by atoms with E-state index in [1.807, 2.05) is 24.3 Å². The number of amides is 1. The molecule has 21 heavy (non-hydrogen) atoms. The van der Waals surface area contributed by atoms with Gasteiger partial charge >= 0.3 is 5.97 Å². The number of halogens is 1. The molecular formula is C16H18BrNO3. The fourth-order valence-corrected chi connectivity index (χ4v) is 2.92. The van der Waals surface area contributed by atoms with Crippen molar-refractivity contribution in [3.63, 3.8) is 0 Å². The Bertz CT molecular complexity index is 556. The summed E-state index contributed by atoms with van der Waals surface area (Å²) in [4.78, 5) is 24.7. The molecule has 112 valence electrons. The molecule has 1 N–H and O–H groups in total. The zero-order chi connectivity index (χ0) is 15.2. The maximum Gasteiger partial charge on any atom is 0.323 e. The summed E-state index contributed by atoms with van der Waals surface area (Å²) >= 11 is 3.38. The quantitative estimate of drug-likeness (QED) is 0.800. The highest BCUT2D eigenvalue weighted by Gasteiger charge is 2.21. The van der Waals surface area contributed by atoms with Crippen molar-refractivity contribution in [2.45, 2.75) is 25.8 Å². The minimum atomic E-state index is -0.986. The van der Waals surface area contributed by atoms with Gasteiger partial charge in [-0.15, -0.1) is 0 Å². The average molecular weight is 352 g/mol. The van der Waals surface area contributed by atoms with E-state index in [4.69, 9.17) is 5.11 Å². The molecule has 5 heteroatoms. The summed E-state index contributed by atoms with van der Waals surface area (Å²) in [5, 5.41) is 9.01. The Kier molecular flexibility index (Phi) is 5.56. The molecule has 2 rings (SSSR count). The van der Waals surface area contributed by atoms with E-state index in [2.05, 4.69) is 28.1 Å². The Balaban J connectivity index is 2.04. The summed E-state index contributed by atoms with van der Waals surface area (Å²) in [5.74, 6) is -0.842. The van der Waals surface area contributed by atoms with Crippen molar-refractivity contribution in [1.82, 2.24) is 4.90 Å². The second kappa shape index (κ2) is 7.41. The van der Waals surface area contributed by atoms with Gasteiger partial charge in [0.05, 0.1) is 0 Å². The molecule has 1 atom stereocenters. The first-order valence-corrected chi connectivity index (χ1v) is 7.74. The molecule has 0 fully saturated rings. The predicted molar refractivity (Wildman–Crippen MR) is 83.7 cm³/mol. The van der Waals surface area contributed by atoms with Crippen LogP contribution in [-0.2, 0) is 16.1 Å². The SMILES string of the molecule is O=C(O)CN(Cc1cccc(Br)c1)C(=O)CC1C=CCC1.